The number of methoxy groups -OCH3 is 1. The van der Waals surface area contributed by atoms with Crippen LogP contribution >= 0.6 is 0 Å². The van der Waals surface area contributed by atoms with Crippen molar-refractivity contribution in [3.63, 3.8) is 0 Å². The minimum atomic E-state index is -3.98. The lowest BCUT2D eigenvalue weighted by Crippen LogP contribution is -2.52. The molecule has 9 heteroatoms. The topological polar surface area (TPSA) is 94.2 Å². The highest BCUT2D eigenvalue weighted by Crippen LogP contribution is 2.43. The molecule has 0 saturated carbocycles. The van der Waals surface area contributed by atoms with Crippen LogP contribution in [0.25, 0.3) is 0 Å². The number of carbonyl (C=O) groups is 1. The first-order chi connectivity index (χ1) is 18.3. The van der Waals surface area contributed by atoms with Crippen LogP contribution < -0.4 is 23.8 Å². The smallest absolute Gasteiger partial charge is 0.264 e. The van der Waals surface area contributed by atoms with Crippen LogP contribution in [0.5, 0.6) is 17.2 Å². The SMILES string of the molecule is CCC1(CC)C[C@H](NC(=O)[C@@H]2CN(S(=O)(=O)c3ccc(OC)cc3)c3ccccc3O2)c2ccccc2O1. The molecule has 3 aromatic rings. The predicted octanol–water partition coefficient (Wildman–Crippen LogP) is 4.85. The Labute approximate surface area is 223 Å². The third kappa shape index (κ3) is 4.67. The Balaban J connectivity index is 1.44. The van der Waals surface area contributed by atoms with Gasteiger partial charge in [0.25, 0.3) is 15.9 Å². The molecule has 2 atom stereocenters. The van der Waals surface area contributed by atoms with Crippen LogP contribution in [0.3, 0.4) is 0 Å². The Hall–Kier alpha value is -3.72. The minimum Gasteiger partial charge on any atom is -0.497 e. The lowest BCUT2D eigenvalue weighted by Gasteiger charge is -2.42. The van der Waals surface area contributed by atoms with E-state index in [0.29, 0.717) is 23.6 Å². The Morgan fingerprint density at radius 2 is 1.66 bits per heavy atom. The highest BCUT2D eigenvalue weighted by Gasteiger charge is 2.42. The fourth-order valence-corrected chi connectivity index (χ4v) is 6.61. The van der Waals surface area contributed by atoms with Gasteiger partial charge in [0.1, 0.15) is 22.8 Å². The number of amides is 1. The molecular weight excluding hydrogens is 504 g/mol. The lowest BCUT2D eigenvalue weighted by molar-refractivity contribution is -0.129. The van der Waals surface area contributed by atoms with Crippen LogP contribution in [0.4, 0.5) is 5.69 Å². The van der Waals surface area contributed by atoms with E-state index >= 15 is 0 Å². The molecule has 2 aliphatic heterocycles. The van der Waals surface area contributed by atoms with Crippen LogP contribution in [-0.4, -0.2) is 39.7 Å². The number of benzene rings is 3. The summed E-state index contributed by atoms with van der Waals surface area (Å²) in [6.07, 6.45) is 1.17. The summed E-state index contributed by atoms with van der Waals surface area (Å²) >= 11 is 0. The Morgan fingerprint density at radius 3 is 2.34 bits per heavy atom. The van der Waals surface area contributed by atoms with E-state index in [1.165, 1.54) is 23.5 Å². The molecule has 0 aliphatic carbocycles. The van der Waals surface area contributed by atoms with Gasteiger partial charge < -0.3 is 19.5 Å². The zero-order chi connectivity index (χ0) is 26.9. The van der Waals surface area contributed by atoms with Gasteiger partial charge in [0.15, 0.2) is 6.10 Å². The van der Waals surface area contributed by atoms with Crippen molar-refractivity contribution in [2.75, 3.05) is 18.0 Å². The molecule has 1 amide bonds. The summed E-state index contributed by atoms with van der Waals surface area (Å²) in [4.78, 5) is 13.8. The predicted molar refractivity (Wildman–Crippen MR) is 144 cm³/mol. The van der Waals surface area contributed by atoms with Crippen molar-refractivity contribution in [3.05, 3.63) is 78.4 Å². The third-order valence-electron chi connectivity index (χ3n) is 7.48. The van der Waals surface area contributed by atoms with Gasteiger partial charge in [-0.2, -0.15) is 0 Å². The molecule has 200 valence electrons. The largest absolute Gasteiger partial charge is 0.497 e. The average molecular weight is 537 g/mol. The zero-order valence-corrected chi connectivity index (χ0v) is 22.5. The second kappa shape index (κ2) is 10.2. The third-order valence-corrected chi connectivity index (χ3v) is 9.27. The van der Waals surface area contributed by atoms with Gasteiger partial charge >= 0.3 is 0 Å². The van der Waals surface area contributed by atoms with Crippen LogP contribution in [0.1, 0.15) is 44.7 Å². The van der Waals surface area contributed by atoms with Crippen molar-refractivity contribution in [3.8, 4) is 17.2 Å². The quantitative estimate of drug-likeness (QED) is 0.464. The number of fused-ring (bicyclic) bond motifs is 2. The van der Waals surface area contributed by atoms with Crippen LogP contribution in [0.15, 0.2) is 77.7 Å². The molecule has 8 nitrogen and oxygen atoms in total. The van der Waals surface area contributed by atoms with Gasteiger partial charge in [0, 0.05) is 12.0 Å². The molecule has 1 N–H and O–H groups in total. The van der Waals surface area contributed by atoms with Crippen LogP contribution in [-0.2, 0) is 14.8 Å². The fourth-order valence-electron chi connectivity index (χ4n) is 5.14. The first-order valence-electron chi connectivity index (χ1n) is 12.8. The molecule has 0 bridgehead atoms. The number of hydrogen-bond acceptors (Lipinski definition) is 6. The van der Waals surface area contributed by atoms with Crippen molar-refractivity contribution in [2.24, 2.45) is 0 Å². The summed E-state index contributed by atoms with van der Waals surface area (Å²) < 4.78 is 46.3. The molecule has 0 aromatic heterocycles. The zero-order valence-electron chi connectivity index (χ0n) is 21.7. The van der Waals surface area contributed by atoms with E-state index < -0.39 is 21.7 Å². The van der Waals surface area contributed by atoms with Crippen molar-refractivity contribution < 1.29 is 27.4 Å². The molecule has 0 saturated heterocycles. The van der Waals surface area contributed by atoms with E-state index in [0.717, 1.165) is 24.2 Å². The summed E-state index contributed by atoms with van der Waals surface area (Å²) in [5.41, 5.74) is 0.896. The molecule has 5 rings (SSSR count). The number of nitrogens with zero attached hydrogens (tertiary/aromatic N) is 1. The monoisotopic (exact) mass is 536 g/mol. The van der Waals surface area contributed by atoms with E-state index in [4.69, 9.17) is 14.2 Å². The normalized spacial score (nSPS) is 19.8. The summed E-state index contributed by atoms with van der Waals surface area (Å²) in [5.74, 6) is 1.26. The standard InChI is InChI=1S/C29H32N2O6S/c1-4-29(5-2)18-23(22-10-6-8-12-25(22)37-29)30-28(32)27-19-31(24-11-7-9-13-26(24)36-27)38(33,34)21-16-14-20(35-3)15-17-21/h6-17,23,27H,4-5,18-19H2,1-3H3,(H,30,32)/t23-,27-/m0/s1. The van der Waals surface area contributed by atoms with Gasteiger partial charge in [0.05, 0.1) is 30.3 Å². The van der Waals surface area contributed by atoms with Crippen molar-refractivity contribution in [2.45, 2.75) is 55.8 Å². The molecule has 0 unspecified atom stereocenters. The molecule has 0 fully saturated rings. The van der Waals surface area contributed by atoms with E-state index in [-0.39, 0.29) is 23.4 Å². The first kappa shape index (κ1) is 25.9. The summed E-state index contributed by atoms with van der Waals surface area (Å²) in [6.45, 7) is 4.01. The van der Waals surface area contributed by atoms with E-state index in [1.54, 1.807) is 36.4 Å². The lowest BCUT2D eigenvalue weighted by atomic mass is 9.83. The second-order valence-corrected chi connectivity index (χ2v) is 11.4. The van der Waals surface area contributed by atoms with Crippen LogP contribution in [0.2, 0.25) is 0 Å². The maximum Gasteiger partial charge on any atom is 0.264 e. The number of nitrogens with one attached hydrogen (secondary N) is 1. The number of ether oxygens (including phenoxy) is 3. The maximum absolute atomic E-state index is 13.7. The minimum absolute atomic E-state index is 0.100. The number of anilines is 1. The van der Waals surface area contributed by atoms with Crippen molar-refractivity contribution in [1.29, 1.82) is 0 Å². The molecule has 3 aromatic carbocycles. The fraction of sp³-hybridized carbons (Fsp3) is 0.345. The number of rotatable bonds is 7. The van der Waals surface area contributed by atoms with Crippen molar-refractivity contribution in [1.82, 2.24) is 5.32 Å². The van der Waals surface area contributed by atoms with Gasteiger partial charge in [-0.3, -0.25) is 9.10 Å². The molecule has 38 heavy (non-hydrogen) atoms. The second-order valence-electron chi connectivity index (χ2n) is 9.58. The Morgan fingerprint density at radius 1 is 1.00 bits per heavy atom. The first-order valence-corrected chi connectivity index (χ1v) is 14.2. The van der Waals surface area contributed by atoms with Gasteiger partial charge in [-0.05, 0) is 55.3 Å². The van der Waals surface area contributed by atoms with Gasteiger partial charge in [-0.25, -0.2) is 8.42 Å². The molecule has 2 heterocycles. The highest BCUT2D eigenvalue weighted by molar-refractivity contribution is 7.92. The molecular formula is C29H32N2O6S. The Bertz CT molecular complexity index is 1420. The summed E-state index contributed by atoms with van der Waals surface area (Å²) in [6, 6.07) is 20.5. The van der Waals surface area contributed by atoms with E-state index in [2.05, 4.69) is 19.2 Å². The Kier molecular flexibility index (Phi) is 6.96. The van der Waals surface area contributed by atoms with Crippen LogP contribution in [0, 0.1) is 0 Å². The number of hydrogen-bond donors (Lipinski definition) is 1. The van der Waals surface area contributed by atoms with Gasteiger partial charge in [-0.1, -0.05) is 44.2 Å². The number of para-hydroxylation sites is 3. The number of carbonyl (C=O) groups excluding carboxylic acids is 1. The van der Waals surface area contributed by atoms with E-state index in [9.17, 15) is 13.2 Å². The summed E-state index contributed by atoms with van der Waals surface area (Å²) in [7, 11) is -2.46. The van der Waals surface area contributed by atoms with Crippen molar-refractivity contribution >= 4 is 21.6 Å². The molecule has 0 radical (unpaired) electrons. The van der Waals surface area contributed by atoms with Gasteiger partial charge in [-0.15, -0.1) is 0 Å². The summed E-state index contributed by atoms with van der Waals surface area (Å²) in [5, 5.41) is 3.14. The molecule has 2 aliphatic rings. The average Bonchev–Trinajstić information content (AvgIpc) is 2.96. The highest BCUT2D eigenvalue weighted by atomic mass is 32.2. The molecule has 0 spiro atoms. The maximum atomic E-state index is 13.7. The van der Waals surface area contributed by atoms with E-state index in [1.807, 2.05) is 24.3 Å². The van der Waals surface area contributed by atoms with Gasteiger partial charge in [0.2, 0.25) is 0 Å². The number of sulfonamides is 1.